The maximum Gasteiger partial charge on any atom is 0.138 e. The van der Waals surface area contributed by atoms with Crippen LogP contribution in [0.15, 0.2) is 18.7 Å². The van der Waals surface area contributed by atoms with Crippen LogP contribution in [-0.4, -0.2) is 26.3 Å². The summed E-state index contributed by atoms with van der Waals surface area (Å²) in [6.07, 6.45) is 6.50. The number of hydrogen-bond donors (Lipinski definition) is 1. The van der Waals surface area contributed by atoms with Gasteiger partial charge in [-0.15, -0.1) is 11.3 Å². The van der Waals surface area contributed by atoms with Gasteiger partial charge in [0.05, 0.1) is 11.6 Å². The fourth-order valence-electron chi connectivity index (χ4n) is 2.24. The highest BCUT2D eigenvalue weighted by molar-refractivity contribution is 7.18. The van der Waals surface area contributed by atoms with Gasteiger partial charge in [0.2, 0.25) is 0 Å². The molecule has 0 saturated heterocycles. The zero-order valence-electron chi connectivity index (χ0n) is 11.8. The van der Waals surface area contributed by atoms with E-state index < -0.39 is 0 Å². The van der Waals surface area contributed by atoms with Gasteiger partial charge in [-0.3, -0.25) is 4.68 Å². The number of thiophene rings is 1. The van der Waals surface area contributed by atoms with Crippen LogP contribution in [0.3, 0.4) is 0 Å². The molecule has 0 aliphatic heterocycles. The molecule has 3 rings (SSSR count). The molecule has 3 aromatic rings. The first-order valence-corrected chi connectivity index (χ1v) is 7.39. The minimum absolute atomic E-state index is 0.839. The second kappa shape index (κ2) is 5.20. The van der Waals surface area contributed by atoms with Gasteiger partial charge in [-0.05, 0) is 31.4 Å². The molecule has 0 aliphatic rings. The van der Waals surface area contributed by atoms with E-state index in [-0.39, 0.29) is 0 Å². The molecule has 0 radical (unpaired) electrons. The van der Waals surface area contributed by atoms with Crippen LogP contribution in [0.2, 0.25) is 0 Å². The summed E-state index contributed by atoms with van der Waals surface area (Å²) in [6.45, 7) is 5.09. The molecule has 0 unspecified atom stereocenters. The van der Waals surface area contributed by atoms with Crippen LogP contribution in [0.1, 0.15) is 16.0 Å². The van der Waals surface area contributed by atoms with E-state index in [0.29, 0.717) is 0 Å². The number of fused-ring (bicyclic) bond motifs is 1. The highest BCUT2D eigenvalue weighted by atomic mass is 32.1. The monoisotopic (exact) mass is 287 g/mol. The van der Waals surface area contributed by atoms with Gasteiger partial charge in [0.1, 0.15) is 17.0 Å². The van der Waals surface area contributed by atoms with Crippen LogP contribution < -0.4 is 5.32 Å². The van der Waals surface area contributed by atoms with Gasteiger partial charge in [0.15, 0.2) is 0 Å². The molecule has 104 valence electrons. The molecule has 0 fully saturated rings. The van der Waals surface area contributed by atoms with Crippen molar-refractivity contribution in [2.75, 3.05) is 11.9 Å². The Balaban J connectivity index is 1.77. The largest absolute Gasteiger partial charge is 0.369 e. The second-order valence-corrected chi connectivity index (χ2v) is 6.09. The van der Waals surface area contributed by atoms with Gasteiger partial charge < -0.3 is 5.32 Å². The molecule has 0 amide bonds. The molecular formula is C14H17N5S. The van der Waals surface area contributed by atoms with Crippen LogP contribution in [-0.2, 0) is 13.5 Å². The normalized spacial score (nSPS) is 11.2. The van der Waals surface area contributed by atoms with E-state index in [2.05, 4.69) is 34.2 Å². The number of hydrogen-bond acceptors (Lipinski definition) is 5. The quantitative estimate of drug-likeness (QED) is 0.801. The molecule has 20 heavy (non-hydrogen) atoms. The van der Waals surface area contributed by atoms with Gasteiger partial charge in [0, 0.05) is 24.7 Å². The number of nitrogens with one attached hydrogen (secondary N) is 1. The van der Waals surface area contributed by atoms with Crippen molar-refractivity contribution in [3.63, 3.8) is 0 Å². The highest BCUT2D eigenvalue weighted by Gasteiger charge is 2.11. The van der Waals surface area contributed by atoms with E-state index in [0.717, 1.165) is 29.0 Å². The van der Waals surface area contributed by atoms with Gasteiger partial charge in [0.25, 0.3) is 0 Å². The Kier molecular flexibility index (Phi) is 3.40. The Morgan fingerprint density at radius 1 is 1.30 bits per heavy atom. The minimum atomic E-state index is 0.839. The van der Waals surface area contributed by atoms with Crippen molar-refractivity contribution in [1.82, 2.24) is 19.7 Å². The van der Waals surface area contributed by atoms with Crippen molar-refractivity contribution >= 4 is 27.4 Å². The van der Waals surface area contributed by atoms with Crippen LogP contribution >= 0.6 is 11.3 Å². The Bertz CT molecular complexity index is 743. The van der Waals surface area contributed by atoms with E-state index in [1.807, 2.05) is 24.1 Å². The smallest absolute Gasteiger partial charge is 0.138 e. The summed E-state index contributed by atoms with van der Waals surface area (Å²) < 4.78 is 1.82. The average molecular weight is 287 g/mol. The maximum atomic E-state index is 4.38. The van der Waals surface area contributed by atoms with Crippen LogP contribution in [0.4, 0.5) is 5.82 Å². The minimum Gasteiger partial charge on any atom is -0.369 e. The molecule has 5 nitrogen and oxygen atoms in total. The molecule has 0 bridgehead atoms. The Labute approximate surface area is 121 Å². The lowest BCUT2D eigenvalue weighted by molar-refractivity contribution is 0.767. The van der Waals surface area contributed by atoms with Crippen molar-refractivity contribution in [1.29, 1.82) is 0 Å². The summed E-state index contributed by atoms with van der Waals surface area (Å²) in [5, 5.41) is 8.75. The first-order valence-electron chi connectivity index (χ1n) is 6.57. The lowest BCUT2D eigenvalue weighted by Gasteiger charge is -2.06. The van der Waals surface area contributed by atoms with Gasteiger partial charge in [-0.25, -0.2) is 9.97 Å². The third kappa shape index (κ3) is 2.38. The Hall–Kier alpha value is -1.95. The molecule has 0 aliphatic carbocycles. The molecule has 1 N–H and O–H groups in total. The first kappa shape index (κ1) is 13.1. The zero-order chi connectivity index (χ0) is 14.1. The fraction of sp³-hybridized carbons (Fsp3) is 0.357. The molecular weight excluding hydrogens is 270 g/mol. The van der Waals surface area contributed by atoms with Crippen LogP contribution in [0.5, 0.6) is 0 Å². The number of anilines is 1. The maximum absolute atomic E-state index is 4.38. The molecule has 3 heterocycles. The number of aryl methyl sites for hydroxylation is 3. The van der Waals surface area contributed by atoms with E-state index in [1.165, 1.54) is 16.0 Å². The van der Waals surface area contributed by atoms with Crippen molar-refractivity contribution in [3.8, 4) is 0 Å². The predicted molar refractivity (Wildman–Crippen MR) is 82.3 cm³/mol. The molecule has 0 aromatic carbocycles. The van der Waals surface area contributed by atoms with Crippen LogP contribution in [0, 0.1) is 13.8 Å². The third-order valence-corrected chi connectivity index (χ3v) is 4.55. The van der Waals surface area contributed by atoms with E-state index in [9.17, 15) is 0 Å². The van der Waals surface area contributed by atoms with Crippen molar-refractivity contribution in [2.45, 2.75) is 20.3 Å². The van der Waals surface area contributed by atoms with Crippen molar-refractivity contribution in [2.24, 2.45) is 7.05 Å². The molecule has 0 spiro atoms. The lowest BCUT2D eigenvalue weighted by atomic mass is 10.2. The lowest BCUT2D eigenvalue weighted by Crippen LogP contribution is -2.06. The summed E-state index contributed by atoms with van der Waals surface area (Å²) in [5.74, 6) is 0.931. The van der Waals surface area contributed by atoms with Gasteiger partial charge in [-0.2, -0.15) is 5.10 Å². The topological polar surface area (TPSA) is 55.6 Å². The summed E-state index contributed by atoms with van der Waals surface area (Å²) >= 11 is 1.72. The second-order valence-electron chi connectivity index (χ2n) is 4.88. The predicted octanol–water partition coefficient (Wildman–Crippen LogP) is 2.70. The highest BCUT2D eigenvalue weighted by Crippen LogP contribution is 2.32. The Morgan fingerprint density at radius 2 is 2.15 bits per heavy atom. The summed E-state index contributed by atoms with van der Waals surface area (Å²) in [7, 11) is 1.93. The standard InChI is InChI=1S/C14H17N5S/c1-9-10(2)20-14-12(9)13(16-8-17-14)15-5-4-11-6-18-19(3)7-11/h6-8H,4-5H2,1-3H3,(H,15,16,17). The van der Waals surface area contributed by atoms with Crippen molar-refractivity contribution < 1.29 is 0 Å². The number of rotatable bonds is 4. The van der Waals surface area contributed by atoms with Crippen LogP contribution in [0.25, 0.3) is 10.2 Å². The van der Waals surface area contributed by atoms with E-state index >= 15 is 0 Å². The van der Waals surface area contributed by atoms with Gasteiger partial charge in [-0.1, -0.05) is 0 Å². The van der Waals surface area contributed by atoms with Gasteiger partial charge >= 0.3 is 0 Å². The molecule has 3 aromatic heterocycles. The SMILES string of the molecule is Cc1sc2ncnc(NCCc3cnn(C)c3)c2c1C. The summed E-state index contributed by atoms with van der Waals surface area (Å²) in [6, 6.07) is 0. The number of aromatic nitrogens is 4. The van der Waals surface area contributed by atoms with Crippen molar-refractivity contribution in [3.05, 3.63) is 34.7 Å². The average Bonchev–Trinajstić information content (AvgIpc) is 2.95. The summed E-state index contributed by atoms with van der Waals surface area (Å²) in [4.78, 5) is 11.1. The Morgan fingerprint density at radius 3 is 2.90 bits per heavy atom. The third-order valence-electron chi connectivity index (χ3n) is 3.43. The zero-order valence-corrected chi connectivity index (χ0v) is 12.7. The molecule has 6 heteroatoms. The molecule has 0 saturated carbocycles. The summed E-state index contributed by atoms with van der Waals surface area (Å²) in [5.41, 5.74) is 2.50. The van der Waals surface area contributed by atoms with E-state index in [4.69, 9.17) is 0 Å². The first-order chi connectivity index (χ1) is 9.65. The molecule has 0 atom stereocenters. The number of nitrogens with zero attached hydrogens (tertiary/aromatic N) is 4. The van der Waals surface area contributed by atoms with E-state index in [1.54, 1.807) is 17.7 Å². The fourth-order valence-corrected chi connectivity index (χ4v) is 3.24.